The Balaban J connectivity index is 1.48. The number of morpholine rings is 1. The average Bonchev–Trinajstić information content (AvgIpc) is 2.59. The highest BCUT2D eigenvalue weighted by molar-refractivity contribution is 6.01. The summed E-state index contributed by atoms with van der Waals surface area (Å²) in [7, 11) is 0. The maximum absolute atomic E-state index is 12.2. The molecule has 0 amide bonds. The van der Waals surface area contributed by atoms with Gasteiger partial charge in [0.05, 0.1) is 19.8 Å². The van der Waals surface area contributed by atoms with Crippen molar-refractivity contribution < 1.29 is 9.53 Å². The zero-order valence-electron chi connectivity index (χ0n) is 12.8. The van der Waals surface area contributed by atoms with Crippen molar-refractivity contribution in [3.05, 3.63) is 48.0 Å². The van der Waals surface area contributed by atoms with Gasteiger partial charge in [-0.1, -0.05) is 36.4 Å². The van der Waals surface area contributed by atoms with Crippen LogP contribution in [0.15, 0.2) is 42.5 Å². The molecule has 1 aliphatic rings. The molecule has 2 aromatic rings. The number of ketones is 1. The summed E-state index contributed by atoms with van der Waals surface area (Å²) in [6, 6.07) is 14.0. The van der Waals surface area contributed by atoms with Crippen molar-refractivity contribution in [2.24, 2.45) is 0 Å². The standard InChI is InChI=1S/C18H22N2O2/c21-18(14-19-7-8-20-9-11-22-12-10-20)17-6-5-15-3-1-2-4-16(15)13-17/h1-6,13,19H,7-12,14H2. The first kappa shape index (κ1) is 15.2. The highest BCUT2D eigenvalue weighted by Gasteiger charge is 2.10. The maximum Gasteiger partial charge on any atom is 0.176 e. The zero-order chi connectivity index (χ0) is 15.2. The number of benzene rings is 2. The van der Waals surface area contributed by atoms with Gasteiger partial charge in [0, 0.05) is 31.7 Å². The first-order chi connectivity index (χ1) is 10.8. The highest BCUT2D eigenvalue weighted by Crippen LogP contribution is 2.15. The molecule has 3 rings (SSSR count). The molecule has 0 radical (unpaired) electrons. The Morgan fingerprint density at radius 1 is 1.09 bits per heavy atom. The molecule has 1 heterocycles. The fourth-order valence-corrected chi connectivity index (χ4v) is 2.73. The number of nitrogens with one attached hydrogen (secondary N) is 1. The molecule has 0 spiro atoms. The van der Waals surface area contributed by atoms with E-state index in [2.05, 4.69) is 16.3 Å². The van der Waals surface area contributed by atoms with Crippen molar-refractivity contribution in [3.8, 4) is 0 Å². The Kier molecular flexibility index (Phi) is 5.16. The molecule has 22 heavy (non-hydrogen) atoms. The van der Waals surface area contributed by atoms with Crippen molar-refractivity contribution in [1.29, 1.82) is 0 Å². The number of hydrogen-bond acceptors (Lipinski definition) is 4. The fourth-order valence-electron chi connectivity index (χ4n) is 2.73. The summed E-state index contributed by atoms with van der Waals surface area (Å²) >= 11 is 0. The molecular formula is C18H22N2O2. The minimum Gasteiger partial charge on any atom is -0.379 e. The van der Waals surface area contributed by atoms with Gasteiger partial charge >= 0.3 is 0 Å². The summed E-state index contributed by atoms with van der Waals surface area (Å²) in [5.74, 6) is 0.146. The van der Waals surface area contributed by atoms with Crippen LogP contribution in [0, 0.1) is 0 Å². The van der Waals surface area contributed by atoms with Crippen LogP contribution in [-0.2, 0) is 4.74 Å². The molecule has 0 bridgehead atoms. The van der Waals surface area contributed by atoms with Crippen LogP contribution in [0.4, 0.5) is 0 Å². The van der Waals surface area contributed by atoms with E-state index in [1.54, 1.807) is 0 Å². The summed E-state index contributed by atoms with van der Waals surface area (Å²) in [6.07, 6.45) is 0. The molecule has 1 N–H and O–H groups in total. The van der Waals surface area contributed by atoms with Gasteiger partial charge in [-0.05, 0) is 16.8 Å². The van der Waals surface area contributed by atoms with Gasteiger partial charge in [-0.25, -0.2) is 0 Å². The summed E-state index contributed by atoms with van der Waals surface area (Å²) < 4.78 is 5.32. The average molecular weight is 298 g/mol. The summed E-state index contributed by atoms with van der Waals surface area (Å²) in [4.78, 5) is 14.6. The van der Waals surface area contributed by atoms with Crippen LogP contribution in [0.3, 0.4) is 0 Å². The van der Waals surface area contributed by atoms with Crippen molar-refractivity contribution in [3.63, 3.8) is 0 Å². The largest absolute Gasteiger partial charge is 0.379 e. The van der Waals surface area contributed by atoms with Gasteiger partial charge in [-0.3, -0.25) is 9.69 Å². The SMILES string of the molecule is O=C(CNCCN1CCOCC1)c1ccc2ccccc2c1. The number of ether oxygens (including phenoxy) is 1. The van der Waals surface area contributed by atoms with Gasteiger partial charge in [0.25, 0.3) is 0 Å². The maximum atomic E-state index is 12.2. The number of hydrogen-bond donors (Lipinski definition) is 1. The van der Waals surface area contributed by atoms with E-state index in [1.165, 1.54) is 5.39 Å². The van der Waals surface area contributed by atoms with E-state index < -0.39 is 0 Å². The molecule has 4 nitrogen and oxygen atoms in total. The Morgan fingerprint density at radius 3 is 2.68 bits per heavy atom. The number of nitrogens with zero attached hydrogens (tertiary/aromatic N) is 1. The monoisotopic (exact) mass is 298 g/mol. The van der Waals surface area contributed by atoms with Gasteiger partial charge in [0.1, 0.15) is 0 Å². The molecule has 0 saturated carbocycles. The molecule has 0 atom stereocenters. The third kappa shape index (κ3) is 3.91. The van der Waals surface area contributed by atoms with Crippen molar-refractivity contribution in [2.45, 2.75) is 0 Å². The first-order valence-electron chi connectivity index (χ1n) is 7.86. The molecule has 2 aromatic carbocycles. The first-order valence-corrected chi connectivity index (χ1v) is 7.86. The molecular weight excluding hydrogens is 276 g/mol. The fraction of sp³-hybridized carbons (Fsp3) is 0.389. The quantitative estimate of drug-likeness (QED) is 0.654. The predicted molar refractivity (Wildman–Crippen MR) is 88.4 cm³/mol. The van der Waals surface area contributed by atoms with Gasteiger partial charge < -0.3 is 10.1 Å². The Hall–Kier alpha value is -1.75. The molecule has 1 fully saturated rings. The smallest absolute Gasteiger partial charge is 0.176 e. The van der Waals surface area contributed by atoms with Crippen LogP contribution >= 0.6 is 0 Å². The van der Waals surface area contributed by atoms with Crippen LogP contribution in [0.25, 0.3) is 10.8 Å². The van der Waals surface area contributed by atoms with Crippen LogP contribution in [0.5, 0.6) is 0 Å². The third-order valence-corrected chi connectivity index (χ3v) is 4.07. The summed E-state index contributed by atoms with van der Waals surface area (Å²) in [5.41, 5.74) is 0.776. The number of fused-ring (bicyclic) bond motifs is 1. The zero-order valence-corrected chi connectivity index (χ0v) is 12.8. The lowest BCUT2D eigenvalue weighted by Gasteiger charge is -2.26. The second-order valence-electron chi connectivity index (χ2n) is 5.62. The molecule has 1 saturated heterocycles. The second kappa shape index (κ2) is 7.49. The van der Waals surface area contributed by atoms with E-state index >= 15 is 0 Å². The minimum atomic E-state index is 0.146. The van der Waals surface area contributed by atoms with Crippen LogP contribution in [0.1, 0.15) is 10.4 Å². The van der Waals surface area contributed by atoms with Crippen molar-refractivity contribution in [1.82, 2.24) is 10.2 Å². The number of Topliss-reactive ketones (excluding diaryl/α,β-unsaturated/α-hetero) is 1. The van der Waals surface area contributed by atoms with E-state index in [-0.39, 0.29) is 5.78 Å². The van der Waals surface area contributed by atoms with Gasteiger partial charge in [-0.15, -0.1) is 0 Å². The van der Waals surface area contributed by atoms with Gasteiger partial charge in [-0.2, -0.15) is 0 Å². The van der Waals surface area contributed by atoms with Gasteiger partial charge in [0.2, 0.25) is 0 Å². The lowest BCUT2D eigenvalue weighted by atomic mass is 10.0. The predicted octanol–water partition coefficient (Wildman–Crippen LogP) is 1.94. The Labute approximate surface area is 131 Å². The normalized spacial score (nSPS) is 16.0. The van der Waals surface area contributed by atoms with Crippen molar-refractivity contribution in [2.75, 3.05) is 45.9 Å². The lowest BCUT2D eigenvalue weighted by Crippen LogP contribution is -2.41. The molecule has 0 aromatic heterocycles. The Bertz CT molecular complexity index is 636. The highest BCUT2D eigenvalue weighted by atomic mass is 16.5. The number of carbonyl (C=O) groups is 1. The summed E-state index contributed by atoms with van der Waals surface area (Å²) in [5, 5.41) is 5.53. The molecule has 4 heteroatoms. The molecule has 116 valence electrons. The van der Waals surface area contributed by atoms with E-state index in [9.17, 15) is 4.79 Å². The van der Waals surface area contributed by atoms with Crippen molar-refractivity contribution >= 4 is 16.6 Å². The number of carbonyl (C=O) groups excluding carboxylic acids is 1. The van der Waals surface area contributed by atoms with Crippen LogP contribution < -0.4 is 5.32 Å². The van der Waals surface area contributed by atoms with Gasteiger partial charge in [0.15, 0.2) is 5.78 Å². The van der Waals surface area contributed by atoms with E-state index in [0.717, 1.165) is 50.3 Å². The second-order valence-corrected chi connectivity index (χ2v) is 5.62. The number of rotatable bonds is 6. The van der Waals surface area contributed by atoms with E-state index in [4.69, 9.17) is 4.74 Å². The molecule has 1 aliphatic heterocycles. The molecule has 0 unspecified atom stereocenters. The third-order valence-electron chi connectivity index (χ3n) is 4.07. The summed E-state index contributed by atoms with van der Waals surface area (Å²) in [6.45, 7) is 5.79. The van der Waals surface area contributed by atoms with E-state index in [1.807, 2.05) is 36.4 Å². The minimum absolute atomic E-state index is 0.146. The lowest BCUT2D eigenvalue weighted by molar-refractivity contribution is 0.0384. The van der Waals surface area contributed by atoms with Crippen LogP contribution in [0.2, 0.25) is 0 Å². The molecule has 0 aliphatic carbocycles. The Morgan fingerprint density at radius 2 is 1.86 bits per heavy atom. The van der Waals surface area contributed by atoms with Crippen LogP contribution in [-0.4, -0.2) is 56.6 Å². The topological polar surface area (TPSA) is 41.6 Å². The van der Waals surface area contributed by atoms with E-state index in [0.29, 0.717) is 6.54 Å².